The van der Waals surface area contributed by atoms with Gasteiger partial charge in [-0.1, -0.05) is 11.8 Å². The van der Waals surface area contributed by atoms with Gasteiger partial charge in [0.25, 0.3) is 0 Å². The van der Waals surface area contributed by atoms with E-state index in [0.29, 0.717) is 0 Å². The third kappa shape index (κ3) is 3.42. The molecule has 1 fully saturated rings. The van der Waals surface area contributed by atoms with Crippen molar-refractivity contribution in [2.24, 2.45) is 5.73 Å². The second-order valence-electron chi connectivity index (χ2n) is 2.93. The highest BCUT2D eigenvalue weighted by Gasteiger charge is 2.17. The summed E-state index contributed by atoms with van der Waals surface area (Å²) in [6.45, 7) is 2.74. The highest BCUT2D eigenvalue weighted by molar-refractivity contribution is 8.13. The topological polar surface area (TPSA) is 62.3 Å². The Hall–Kier alpha value is -0.260. The Balaban J connectivity index is 2.18. The fraction of sp³-hybridized carbons (Fsp3) is 0.857. The lowest BCUT2D eigenvalue weighted by atomic mass is 10.3. The Kier molecular flexibility index (Phi) is 3.84. The predicted molar refractivity (Wildman–Crippen MR) is 51.6 cm³/mol. The molecule has 1 aliphatic heterocycles. The summed E-state index contributed by atoms with van der Waals surface area (Å²) >= 11 is 1.35. The summed E-state index contributed by atoms with van der Waals surface area (Å²) in [6.07, 6.45) is 0.234. The first-order valence-corrected chi connectivity index (χ1v) is 4.94. The molecule has 5 heteroatoms. The molecular weight excluding hydrogens is 174 g/mol. The van der Waals surface area contributed by atoms with E-state index in [4.69, 9.17) is 15.9 Å². The molecular formula is C7H15N3OS. The van der Waals surface area contributed by atoms with Crippen molar-refractivity contribution in [1.29, 1.82) is 5.41 Å². The Morgan fingerprint density at radius 2 is 2.58 bits per heavy atom. The molecule has 0 radical (unpaired) electrons. The van der Waals surface area contributed by atoms with Crippen molar-refractivity contribution < 1.29 is 4.74 Å². The van der Waals surface area contributed by atoms with E-state index in [1.807, 2.05) is 0 Å². The monoisotopic (exact) mass is 189 g/mol. The largest absolute Gasteiger partial charge is 0.379 e. The maximum atomic E-state index is 7.03. The summed E-state index contributed by atoms with van der Waals surface area (Å²) in [4.78, 5) is 2.23. The summed E-state index contributed by atoms with van der Waals surface area (Å²) in [5, 5.41) is 7.21. The average Bonchev–Trinajstić information content (AvgIpc) is 2.01. The molecule has 1 aliphatic rings. The lowest BCUT2D eigenvalue weighted by molar-refractivity contribution is -0.00589. The third-order valence-electron chi connectivity index (χ3n) is 1.77. The van der Waals surface area contributed by atoms with Crippen LogP contribution in [0.3, 0.4) is 0 Å². The summed E-state index contributed by atoms with van der Waals surface area (Å²) in [7, 11) is 2.08. The molecule has 0 bridgehead atoms. The SMILES string of the molecule is CN1CCOC(CSC(=N)N)C1. The van der Waals surface area contributed by atoms with Gasteiger partial charge < -0.3 is 15.4 Å². The zero-order chi connectivity index (χ0) is 8.97. The minimum atomic E-state index is 0.173. The molecule has 4 nitrogen and oxygen atoms in total. The van der Waals surface area contributed by atoms with Gasteiger partial charge in [0.15, 0.2) is 5.17 Å². The number of morpholine rings is 1. The molecule has 1 rings (SSSR count). The van der Waals surface area contributed by atoms with Gasteiger partial charge in [-0.2, -0.15) is 0 Å². The van der Waals surface area contributed by atoms with Crippen LogP contribution >= 0.6 is 11.8 Å². The van der Waals surface area contributed by atoms with Crippen molar-refractivity contribution in [3.05, 3.63) is 0 Å². The quantitative estimate of drug-likeness (QED) is 0.472. The van der Waals surface area contributed by atoms with Gasteiger partial charge in [-0.15, -0.1) is 0 Å². The van der Waals surface area contributed by atoms with E-state index in [1.54, 1.807) is 0 Å². The molecule has 0 spiro atoms. The van der Waals surface area contributed by atoms with Crippen LogP contribution in [-0.4, -0.2) is 48.7 Å². The van der Waals surface area contributed by atoms with E-state index in [-0.39, 0.29) is 11.3 Å². The van der Waals surface area contributed by atoms with Gasteiger partial charge in [-0.05, 0) is 7.05 Å². The number of hydrogen-bond donors (Lipinski definition) is 2. The van der Waals surface area contributed by atoms with E-state index in [9.17, 15) is 0 Å². The zero-order valence-corrected chi connectivity index (χ0v) is 8.06. The van der Waals surface area contributed by atoms with Crippen LogP contribution in [0.2, 0.25) is 0 Å². The fourth-order valence-electron chi connectivity index (χ4n) is 1.15. The third-order valence-corrected chi connectivity index (χ3v) is 2.62. The molecule has 3 N–H and O–H groups in total. The number of likely N-dealkylation sites (N-methyl/N-ethyl adjacent to an activating group) is 1. The number of nitrogens with zero attached hydrogens (tertiary/aromatic N) is 1. The number of hydrogen-bond acceptors (Lipinski definition) is 4. The second-order valence-corrected chi connectivity index (χ2v) is 3.99. The Morgan fingerprint density at radius 1 is 1.83 bits per heavy atom. The van der Waals surface area contributed by atoms with E-state index in [2.05, 4.69) is 11.9 Å². The first-order chi connectivity index (χ1) is 5.68. The molecule has 0 aliphatic carbocycles. The summed E-state index contributed by atoms with van der Waals surface area (Å²) < 4.78 is 5.48. The van der Waals surface area contributed by atoms with Crippen molar-refractivity contribution in [3.8, 4) is 0 Å². The van der Waals surface area contributed by atoms with Crippen molar-refractivity contribution in [2.75, 3.05) is 32.5 Å². The first-order valence-electron chi connectivity index (χ1n) is 3.95. The van der Waals surface area contributed by atoms with E-state index in [1.165, 1.54) is 11.8 Å². The number of ether oxygens (including phenoxy) is 1. The van der Waals surface area contributed by atoms with E-state index < -0.39 is 0 Å². The molecule has 70 valence electrons. The van der Waals surface area contributed by atoms with Gasteiger partial charge in [0, 0.05) is 18.8 Å². The lowest BCUT2D eigenvalue weighted by Gasteiger charge is -2.29. The highest BCUT2D eigenvalue weighted by atomic mass is 32.2. The van der Waals surface area contributed by atoms with Crippen molar-refractivity contribution in [3.63, 3.8) is 0 Å². The summed E-state index contributed by atoms with van der Waals surface area (Å²) in [5.74, 6) is 0.791. The number of nitrogens with one attached hydrogen (secondary N) is 1. The van der Waals surface area contributed by atoms with Crippen LogP contribution in [0.5, 0.6) is 0 Å². The van der Waals surface area contributed by atoms with Crippen LogP contribution in [0.25, 0.3) is 0 Å². The van der Waals surface area contributed by atoms with Crippen molar-refractivity contribution in [1.82, 2.24) is 4.90 Å². The molecule has 1 atom stereocenters. The van der Waals surface area contributed by atoms with Crippen molar-refractivity contribution in [2.45, 2.75) is 6.10 Å². The normalized spacial score (nSPS) is 25.6. The molecule has 1 heterocycles. The molecule has 1 unspecified atom stereocenters. The average molecular weight is 189 g/mol. The minimum absolute atomic E-state index is 0.173. The summed E-state index contributed by atoms with van der Waals surface area (Å²) in [6, 6.07) is 0. The van der Waals surface area contributed by atoms with Crippen LogP contribution in [0, 0.1) is 5.41 Å². The number of amidine groups is 1. The number of nitrogens with two attached hydrogens (primary N) is 1. The highest BCUT2D eigenvalue weighted by Crippen LogP contribution is 2.09. The van der Waals surface area contributed by atoms with Gasteiger partial charge >= 0.3 is 0 Å². The zero-order valence-electron chi connectivity index (χ0n) is 7.25. The lowest BCUT2D eigenvalue weighted by Crippen LogP contribution is -2.41. The molecule has 12 heavy (non-hydrogen) atoms. The van der Waals surface area contributed by atoms with E-state index in [0.717, 1.165) is 25.4 Å². The Labute approximate surface area is 76.9 Å². The Bertz CT molecular complexity index is 165. The summed E-state index contributed by atoms with van der Waals surface area (Å²) in [5.41, 5.74) is 5.22. The molecule has 0 saturated carbocycles. The molecule has 0 aromatic carbocycles. The maximum Gasteiger partial charge on any atom is 0.151 e. The van der Waals surface area contributed by atoms with Crippen LogP contribution in [0.1, 0.15) is 0 Å². The second kappa shape index (κ2) is 4.69. The fourth-order valence-corrected chi connectivity index (χ4v) is 1.72. The van der Waals surface area contributed by atoms with Gasteiger partial charge in [0.2, 0.25) is 0 Å². The minimum Gasteiger partial charge on any atom is -0.379 e. The maximum absolute atomic E-state index is 7.03. The molecule has 0 aromatic heterocycles. The Morgan fingerprint density at radius 3 is 3.17 bits per heavy atom. The van der Waals surface area contributed by atoms with Crippen molar-refractivity contribution >= 4 is 16.9 Å². The van der Waals surface area contributed by atoms with Gasteiger partial charge in [-0.25, -0.2) is 0 Å². The van der Waals surface area contributed by atoms with Gasteiger partial charge in [-0.3, -0.25) is 5.41 Å². The molecule has 0 amide bonds. The predicted octanol–water partition coefficient (Wildman–Crippen LogP) is -0.0563. The smallest absolute Gasteiger partial charge is 0.151 e. The number of thioether (sulfide) groups is 1. The first kappa shape index (κ1) is 9.83. The number of rotatable bonds is 2. The standard InChI is InChI=1S/C7H15N3OS/c1-10-2-3-11-6(4-10)5-12-7(8)9/h6H,2-5H2,1H3,(H3,8,9). The van der Waals surface area contributed by atoms with Gasteiger partial charge in [0.05, 0.1) is 12.7 Å². The molecule has 0 aromatic rings. The van der Waals surface area contributed by atoms with Crippen LogP contribution in [-0.2, 0) is 4.74 Å². The van der Waals surface area contributed by atoms with E-state index >= 15 is 0 Å². The van der Waals surface area contributed by atoms with Crippen LogP contribution in [0.15, 0.2) is 0 Å². The van der Waals surface area contributed by atoms with Crippen LogP contribution in [0.4, 0.5) is 0 Å². The molecule has 1 saturated heterocycles. The van der Waals surface area contributed by atoms with Crippen LogP contribution < -0.4 is 5.73 Å². The van der Waals surface area contributed by atoms with Gasteiger partial charge in [0.1, 0.15) is 0 Å².